The Morgan fingerprint density at radius 1 is 1.05 bits per heavy atom. The van der Waals surface area contributed by atoms with E-state index in [1.165, 1.54) is 6.92 Å². The number of nitrogens with zero attached hydrogens (tertiary/aromatic N) is 3. The van der Waals surface area contributed by atoms with Crippen LogP contribution in [0.2, 0.25) is 0 Å². The zero-order valence-corrected chi connectivity index (χ0v) is 11.0. The van der Waals surface area contributed by atoms with Gasteiger partial charge in [-0.3, -0.25) is 4.79 Å². The van der Waals surface area contributed by atoms with Gasteiger partial charge in [-0.05, 0) is 23.8 Å². The number of Topliss-reactive ketones (excluding diaryl/α,β-unsaturated/α-hetero) is 1. The molecule has 2 aromatic carbocycles. The number of hydrogen-bond donors (Lipinski definition) is 0. The zero-order chi connectivity index (χ0) is 13.9. The van der Waals surface area contributed by atoms with Gasteiger partial charge < -0.3 is 0 Å². The molecule has 1 aromatic heterocycles. The van der Waals surface area contributed by atoms with Crippen LogP contribution in [-0.4, -0.2) is 20.8 Å². The number of allylic oxidation sites excluding steroid dienone is 1. The third kappa shape index (κ3) is 2.23. The Kier molecular flexibility index (Phi) is 3.13. The first-order valence-corrected chi connectivity index (χ1v) is 6.34. The molecule has 0 saturated heterocycles. The van der Waals surface area contributed by atoms with E-state index in [0.29, 0.717) is 5.70 Å². The summed E-state index contributed by atoms with van der Waals surface area (Å²) in [5, 5.41) is 8.17. The molecule has 0 spiro atoms. The van der Waals surface area contributed by atoms with E-state index >= 15 is 0 Å². The Balaban J connectivity index is 2.17. The molecule has 0 aliphatic heterocycles. The summed E-state index contributed by atoms with van der Waals surface area (Å²) in [4.78, 5) is 11.9. The molecule has 0 bridgehead atoms. The molecule has 20 heavy (non-hydrogen) atoms. The van der Waals surface area contributed by atoms with Crippen LogP contribution in [0.15, 0.2) is 54.6 Å². The van der Waals surface area contributed by atoms with Gasteiger partial charge in [-0.1, -0.05) is 47.7 Å². The first-order chi connectivity index (χ1) is 9.75. The minimum absolute atomic E-state index is 0.0514. The van der Waals surface area contributed by atoms with Gasteiger partial charge in [0, 0.05) is 6.92 Å². The lowest BCUT2D eigenvalue weighted by Crippen LogP contribution is -2.07. The largest absolute Gasteiger partial charge is 0.293 e. The molecule has 0 saturated carbocycles. The lowest BCUT2D eigenvalue weighted by molar-refractivity contribution is -0.112. The second kappa shape index (κ2) is 5.09. The summed E-state index contributed by atoms with van der Waals surface area (Å²) in [5.74, 6) is -0.0514. The van der Waals surface area contributed by atoms with Crippen LogP contribution >= 0.6 is 0 Å². The van der Waals surface area contributed by atoms with Crippen LogP contribution < -0.4 is 0 Å². The van der Waals surface area contributed by atoms with Crippen molar-refractivity contribution in [3.8, 4) is 0 Å². The van der Waals surface area contributed by atoms with Crippen molar-refractivity contribution in [2.45, 2.75) is 6.92 Å². The van der Waals surface area contributed by atoms with E-state index in [1.807, 2.05) is 60.7 Å². The quantitative estimate of drug-likeness (QED) is 0.682. The van der Waals surface area contributed by atoms with Crippen LogP contribution in [0, 0.1) is 0 Å². The Hall–Kier alpha value is -2.75. The van der Waals surface area contributed by atoms with Crippen LogP contribution in [0.5, 0.6) is 0 Å². The molecule has 3 rings (SSSR count). The highest BCUT2D eigenvalue weighted by molar-refractivity contribution is 6.19. The number of ketones is 1. The fraction of sp³-hybridized carbons (Fsp3) is 0.0625. The van der Waals surface area contributed by atoms with Crippen molar-refractivity contribution in [3.63, 3.8) is 0 Å². The monoisotopic (exact) mass is 263 g/mol. The van der Waals surface area contributed by atoms with Gasteiger partial charge in [0.05, 0.1) is 5.52 Å². The molecule has 0 aliphatic rings. The number of carbonyl (C=O) groups is 1. The van der Waals surface area contributed by atoms with Crippen molar-refractivity contribution in [1.82, 2.24) is 15.0 Å². The number of rotatable bonds is 3. The van der Waals surface area contributed by atoms with Crippen LogP contribution in [0.3, 0.4) is 0 Å². The van der Waals surface area contributed by atoms with E-state index in [2.05, 4.69) is 10.3 Å². The molecule has 0 aliphatic carbocycles. The Labute approximate surface area is 116 Å². The molecule has 0 amide bonds. The SMILES string of the molecule is CC(=O)/C(=C/c1ccccc1)n1nnc2ccccc21. The van der Waals surface area contributed by atoms with Gasteiger partial charge in [-0.25, -0.2) is 4.68 Å². The maximum Gasteiger partial charge on any atom is 0.178 e. The molecular weight excluding hydrogens is 250 g/mol. The predicted molar refractivity (Wildman–Crippen MR) is 78.8 cm³/mol. The normalized spacial score (nSPS) is 11.8. The first-order valence-electron chi connectivity index (χ1n) is 6.34. The van der Waals surface area contributed by atoms with Crippen molar-refractivity contribution in [1.29, 1.82) is 0 Å². The van der Waals surface area contributed by atoms with Gasteiger partial charge in [0.15, 0.2) is 5.78 Å². The van der Waals surface area contributed by atoms with E-state index in [-0.39, 0.29) is 5.78 Å². The smallest absolute Gasteiger partial charge is 0.178 e. The number of benzene rings is 2. The zero-order valence-electron chi connectivity index (χ0n) is 11.0. The first kappa shape index (κ1) is 12.3. The molecule has 0 atom stereocenters. The topological polar surface area (TPSA) is 47.8 Å². The molecule has 4 nitrogen and oxygen atoms in total. The van der Waals surface area contributed by atoms with Crippen molar-refractivity contribution >= 4 is 28.6 Å². The Bertz CT molecular complexity index is 788. The van der Waals surface area contributed by atoms with Crippen LogP contribution in [0.25, 0.3) is 22.8 Å². The maximum absolute atomic E-state index is 11.9. The second-order valence-corrected chi connectivity index (χ2v) is 4.49. The van der Waals surface area contributed by atoms with Gasteiger partial charge >= 0.3 is 0 Å². The number of para-hydroxylation sites is 1. The molecule has 4 heteroatoms. The molecule has 0 fully saturated rings. The fourth-order valence-corrected chi connectivity index (χ4v) is 2.07. The van der Waals surface area contributed by atoms with Gasteiger partial charge in [0.2, 0.25) is 0 Å². The van der Waals surface area contributed by atoms with Crippen molar-refractivity contribution in [3.05, 3.63) is 60.2 Å². The van der Waals surface area contributed by atoms with Crippen LogP contribution in [0.1, 0.15) is 12.5 Å². The highest BCUT2D eigenvalue weighted by Crippen LogP contribution is 2.18. The molecular formula is C16H13N3O. The van der Waals surface area contributed by atoms with Gasteiger partial charge in [0.25, 0.3) is 0 Å². The lowest BCUT2D eigenvalue weighted by Gasteiger charge is -2.04. The second-order valence-electron chi connectivity index (χ2n) is 4.49. The van der Waals surface area contributed by atoms with E-state index in [4.69, 9.17) is 0 Å². The minimum Gasteiger partial charge on any atom is -0.293 e. The summed E-state index contributed by atoms with van der Waals surface area (Å²) in [5.41, 5.74) is 3.06. The molecule has 98 valence electrons. The summed E-state index contributed by atoms with van der Waals surface area (Å²) in [6.07, 6.45) is 1.82. The van der Waals surface area contributed by atoms with Crippen LogP contribution in [0.4, 0.5) is 0 Å². The predicted octanol–water partition coefficient (Wildman–Crippen LogP) is 3.02. The number of carbonyl (C=O) groups excluding carboxylic acids is 1. The van der Waals surface area contributed by atoms with Crippen molar-refractivity contribution < 1.29 is 4.79 Å². The summed E-state index contributed by atoms with van der Waals surface area (Å²) in [6.45, 7) is 1.53. The van der Waals surface area contributed by atoms with Crippen LogP contribution in [-0.2, 0) is 4.79 Å². The Morgan fingerprint density at radius 3 is 2.50 bits per heavy atom. The number of fused-ring (bicyclic) bond motifs is 1. The van der Waals surface area contributed by atoms with Crippen molar-refractivity contribution in [2.24, 2.45) is 0 Å². The fourth-order valence-electron chi connectivity index (χ4n) is 2.07. The molecule has 0 radical (unpaired) electrons. The summed E-state index contributed by atoms with van der Waals surface area (Å²) in [7, 11) is 0. The molecule has 3 aromatic rings. The maximum atomic E-state index is 11.9. The third-order valence-electron chi connectivity index (χ3n) is 3.04. The van der Waals surface area contributed by atoms with E-state index in [9.17, 15) is 4.79 Å². The van der Waals surface area contributed by atoms with E-state index in [0.717, 1.165) is 16.6 Å². The minimum atomic E-state index is -0.0514. The van der Waals surface area contributed by atoms with E-state index < -0.39 is 0 Å². The highest BCUT2D eigenvalue weighted by Gasteiger charge is 2.12. The summed E-state index contributed by atoms with van der Waals surface area (Å²) >= 11 is 0. The highest BCUT2D eigenvalue weighted by atomic mass is 16.1. The molecule has 1 heterocycles. The number of hydrogen-bond acceptors (Lipinski definition) is 3. The molecule has 0 unspecified atom stereocenters. The third-order valence-corrected chi connectivity index (χ3v) is 3.04. The molecule has 0 N–H and O–H groups in total. The number of aromatic nitrogens is 3. The average molecular weight is 263 g/mol. The van der Waals surface area contributed by atoms with Gasteiger partial charge in [0.1, 0.15) is 11.2 Å². The Morgan fingerprint density at radius 2 is 1.75 bits per heavy atom. The standard InChI is InChI=1S/C16H13N3O/c1-12(20)16(11-13-7-3-2-4-8-13)19-15-10-6-5-9-14(15)17-18-19/h2-11H,1H3/b16-11-. The van der Waals surface area contributed by atoms with Gasteiger partial charge in [-0.2, -0.15) is 0 Å². The van der Waals surface area contributed by atoms with E-state index in [1.54, 1.807) is 4.68 Å². The van der Waals surface area contributed by atoms with Crippen molar-refractivity contribution in [2.75, 3.05) is 0 Å². The summed E-state index contributed by atoms with van der Waals surface area (Å²) < 4.78 is 1.59. The average Bonchev–Trinajstić information content (AvgIpc) is 2.89. The lowest BCUT2D eigenvalue weighted by atomic mass is 10.1. The summed E-state index contributed by atoms with van der Waals surface area (Å²) in [6, 6.07) is 17.3. The van der Waals surface area contributed by atoms with Gasteiger partial charge in [-0.15, -0.1) is 5.10 Å².